The molecule has 0 aromatic heterocycles. The van der Waals surface area contributed by atoms with Gasteiger partial charge in [0.15, 0.2) is 0 Å². The zero-order chi connectivity index (χ0) is 15.1. The van der Waals surface area contributed by atoms with Gasteiger partial charge in [-0.25, -0.2) is 0 Å². The van der Waals surface area contributed by atoms with Crippen molar-refractivity contribution in [1.29, 1.82) is 0 Å². The van der Waals surface area contributed by atoms with Gasteiger partial charge in [-0.2, -0.15) is 0 Å². The van der Waals surface area contributed by atoms with Crippen LogP contribution in [0.15, 0.2) is 24.3 Å². The number of amides is 2. The van der Waals surface area contributed by atoms with E-state index in [4.69, 9.17) is 10.8 Å². The van der Waals surface area contributed by atoms with Gasteiger partial charge in [-0.15, -0.1) is 0 Å². The molecule has 6 heteroatoms. The molecule has 6 nitrogen and oxygen atoms in total. The average Bonchev–Trinajstić information content (AvgIpc) is 2.93. The largest absolute Gasteiger partial charge is 0.481 e. The van der Waals surface area contributed by atoms with E-state index < -0.39 is 29.1 Å². The topological polar surface area (TPSA) is 109 Å². The molecule has 0 saturated heterocycles. The molecule has 0 spiro atoms. The Morgan fingerprint density at radius 1 is 1.25 bits per heavy atom. The van der Waals surface area contributed by atoms with E-state index in [1.165, 1.54) is 6.07 Å². The lowest BCUT2D eigenvalue weighted by molar-refractivity contribution is -0.140. The predicted molar refractivity (Wildman–Crippen MR) is 72.0 cm³/mol. The Morgan fingerprint density at radius 2 is 1.90 bits per heavy atom. The number of nitrogens with two attached hydrogens (primary N) is 1. The first-order valence-corrected chi connectivity index (χ1v) is 6.18. The van der Waals surface area contributed by atoms with Gasteiger partial charge in [0, 0.05) is 11.3 Å². The minimum atomic E-state index is -0.971. The van der Waals surface area contributed by atoms with Gasteiger partial charge in [-0.1, -0.05) is 19.9 Å². The molecule has 0 bridgehead atoms. The zero-order valence-electron chi connectivity index (χ0n) is 11.2. The summed E-state index contributed by atoms with van der Waals surface area (Å²) in [7, 11) is 0. The molecule has 0 aliphatic heterocycles. The number of carboxylic acids is 1. The van der Waals surface area contributed by atoms with Crippen LogP contribution >= 0.6 is 0 Å². The highest BCUT2D eigenvalue weighted by atomic mass is 16.4. The zero-order valence-corrected chi connectivity index (χ0v) is 11.2. The monoisotopic (exact) mass is 276 g/mol. The van der Waals surface area contributed by atoms with E-state index in [-0.39, 0.29) is 11.5 Å². The summed E-state index contributed by atoms with van der Waals surface area (Å²) in [6.45, 7) is 3.49. The van der Waals surface area contributed by atoms with E-state index in [2.05, 4.69) is 5.32 Å². The van der Waals surface area contributed by atoms with Crippen molar-refractivity contribution in [1.82, 2.24) is 0 Å². The Morgan fingerprint density at radius 3 is 2.40 bits per heavy atom. The highest BCUT2D eigenvalue weighted by Gasteiger charge is 2.65. The summed E-state index contributed by atoms with van der Waals surface area (Å²) in [5.74, 6) is -3.17. The lowest BCUT2D eigenvalue weighted by Crippen LogP contribution is -2.18. The fraction of sp³-hybridized carbons (Fsp3) is 0.357. The maximum absolute atomic E-state index is 12.1. The Bertz CT molecular complexity index is 595. The number of carboxylic acid groups (broad SMARTS) is 1. The number of aliphatic carboxylic acids is 1. The van der Waals surface area contributed by atoms with E-state index in [9.17, 15) is 14.4 Å². The summed E-state index contributed by atoms with van der Waals surface area (Å²) in [6.07, 6.45) is 0. The van der Waals surface area contributed by atoms with E-state index in [0.29, 0.717) is 5.69 Å². The normalized spacial score (nSPS) is 22.9. The molecule has 1 saturated carbocycles. The Kier molecular flexibility index (Phi) is 3.25. The number of nitrogens with one attached hydrogen (secondary N) is 1. The number of carbonyl (C=O) groups is 3. The number of primary amides is 1. The third-order valence-corrected chi connectivity index (χ3v) is 3.79. The van der Waals surface area contributed by atoms with Crippen LogP contribution in [-0.4, -0.2) is 22.9 Å². The Balaban J connectivity index is 2.12. The molecule has 4 N–H and O–H groups in total. The number of benzene rings is 1. The molecule has 1 aliphatic rings. The van der Waals surface area contributed by atoms with Crippen molar-refractivity contribution >= 4 is 23.5 Å². The Labute approximate surface area is 116 Å². The van der Waals surface area contributed by atoms with Crippen molar-refractivity contribution in [3.05, 3.63) is 29.8 Å². The highest BCUT2D eigenvalue weighted by molar-refractivity contribution is 6.01. The molecule has 2 atom stereocenters. The van der Waals surface area contributed by atoms with Crippen LogP contribution in [0.5, 0.6) is 0 Å². The second-order valence-corrected chi connectivity index (χ2v) is 5.55. The number of carbonyl (C=O) groups excluding carboxylic acids is 2. The molecule has 1 aliphatic carbocycles. The summed E-state index contributed by atoms with van der Waals surface area (Å²) in [4.78, 5) is 34.2. The molecule has 2 rings (SSSR count). The quantitative estimate of drug-likeness (QED) is 0.764. The summed E-state index contributed by atoms with van der Waals surface area (Å²) in [5.41, 5.74) is 5.32. The lowest BCUT2D eigenvalue weighted by Gasteiger charge is -2.07. The van der Waals surface area contributed by atoms with Crippen molar-refractivity contribution < 1.29 is 19.5 Å². The maximum atomic E-state index is 12.1. The molecule has 0 radical (unpaired) electrons. The average molecular weight is 276 g/mol. The van der Waals surface area contributed by atoms with Crippen LogP contribution in [0.2, 0.25) is 0 Å². The van der Waals surface area contributed by atoms with Crippen molar-refractivity contribution in [2.24, 2.45) is 23.0 Å². The van der Waals surface area contributed by atoms with E-state index >= 15 is 0 Å². The van der Waals surface area contributed by atoms with Crippen LogP contribution in [0.3, 0.4) is 0 Å². The lowest BCUT2D eigenvalue weighted by atomic mass is 10.1. The first-order valence-electron chi connectivity index (χ1n) is 6.18. The molecule has 106 valence electrons. The van der Waals surface area contributed by atoms with Crippen LogP contribution in [0, 0.1) is 17.3 Å². The number of rotatable bonds is 4. The second-order valence-electron chi connectivity index (χ2n) is 5.55. The maximum Gasteiger partial charge on any atom is 0.307 e. The van der Waals surface area contributed by atoms with Crippen LogP contribution in [0.4, 0.5) is 5.69 Å². The fourth-order valence-electron chi connectivity index (χ4n) is 2.56. The van der Waals surface area contributed by atoms with Crippen molar-refractivity contribution in [3.63, 3.8) is 0 Å². The summed E-state index contributed by atoms with van der Waals surface area (Å²) >= 11 is 0. The fourth-order valence-corrected chi connectivity index (χ4v) is 2.56. The predicted octanol–water partition coefficient (Wildman–Crippen LogP) is 1.08. The standard InChI is InChI=1S/C14H16N2O4/c1-14(2)9(10(14)13(19)20)12(18)16-8-5-3-4-7(6-8)11(15)17/h3-6,9-10H,1-2H3,(H2,15,17)(H,16,18)(H,19,20)/t9-,10-/m0/s1. The molecule has 2 amide bonds. The molecule has 1 aromatic carbocycles. The van der Waals surface area contributed by atoms with E-state index in [0.717, 1.165) is 0 Å². The van der Waals surface area contributed by atoms with Gasteiger partial charge >= 0.3 is 5.97 Å². The van der Waals surface area contributed by atoms with Crippen LogP contribution in [-0.2, 0) is 9.59 Å². The minimum absolute atomic E-state index is 0.285. The summed E-state index contributed by atoms with van der Waals surface area (Å²) < 4.78 is 0. The van der Waals surface area contributed by atoms with Gasteiger partial charge in [-0.05, 0) is 23.6 Å². The SMILES string of the molecule is CC1(C)[C@H](C(=O)O)[C@H]1C(=O)Nc1cccc(C(N)=O)c1. The van der Waals surface area contributed by atoms with Crippen molar-refractivity contribution in [2.75, 3.05) is 5.32 Å². The van der Waals surface area contributed by atoms with Gasteiger partial charge in [0.1, 0.15) is 0 Å². The van der Waals surface area contributed by atoms with E-state index in [1.807, 2.05) is 0 Å². The minimum Gasteiger partial charge on any atom is -0.481 e. The number of anilines is 1. The summed E-state index contributed by atoms with van der Waals surface area (Å²) in [6, 6.07) is 6.22. The molecular weight excluding hydrogens is 260 g/mol. The second kappa shape index (κ2) is 4.63. The third kappa shape index (κ3) is 2.36. The van der Waals surface area contributed by atoms with Crippen LogP contribution < -0.4 is 11.1 Å². The first kappa shape index (κ1) is 14.0. The van der Waals surface area contributed by atoms with Crippen LogP contribution in [0.25, 0.3) is 0 Å². The third-order valence-electron chi connectivity index (χ3n) is 3.79. The smallest absolute Gasteiger partial charge is 0.307 e. The molecule has 20 heavy (non-hydrogen) atoms. The van der Waals surface area contributed by atoms with Crippen molar-refractivity contribution in [3.8, 4) is 0 Å². The van der Waals surface area contributed by atoms with Gasteiger partial charge in [-0.3, -0.25) is 14.4 Å². The molecule has 0 heterocycles. The molecule has 1 fully saturated rings. The van der Waals surface area contributed by atoms with Gasteiger partial charge < -0.3 is 16.2 Å². The van der Waals surface area contributed by atoms with Gasteiger partial charge in [0.2, 0.25) is 11.8 Å². The molecule has 1 aromatic rings. The molecule has 0 unspecified atom stereocenters. The van der Waals surface area contributed by atoms with Gasteiger partial charge in [0.25, 0.3) is 0 Å². The Hall–Kier alpha value is -2.37. The first-order chi connectivity index (χ1) is 9.25. The number of hydrogen-bond donors (Lipinski definition) is 3. The van der Waals surface area contributed by atoms with Crippen LogP contribution in [0.1, 0.15) is 24.2 Å². The number of hydrogen-bond acceptors (Lipinski definition) is 3. The highest BCUT2D eigenvalue weighted by Crippen LogP contribution is 2.58. The van der Waals surface area contributed by atoms with Gasteiger partial charge in [0.05, 0.1) is 11.8 Å². The molecular formula is C14H16N2O4. The summed E-state index contributed by atoms with van der Waals surface area (Å²) in [5, 5.41) is 11.7. The van der Waals surface area contributed by atoms with Crippen molar-refractivity contribution in [2.45, 2.75) is 13.8 Å². The van der Waals surface area contributed by atoms with E-state index in [1.54, 1.807) is 32.0 Å².